The summed E-state index contributed by atoms with van der Waals surface area (Å²) in [4.78, 5) is 1.08. The number of hydrazine groups is 1. The molecule has 2 aromatic rings. The number of thioether (sulfide) groups is 1. The molecule has 0 aliphatic carbocycles. The van der Waals surface area contributed by atoms with Crippen molar-refractivity contribution < 1.29 is 8.78 Å². The lowest BCUT2D eigenvalue weighted by Gasteiger charge is -2.16. The molecule has 1 unspecified atom stereocenters. The number of nitrogens with one attached hydrogen (secondary N) is 1. The molecule has 2 nitrogen and oxygen atoms in total. The molecule has 0 saturated carbocycles. The van der Waals surface area contributed by atoms with Gasteiger partial charge in [-0.2, -0.15) is 0 Å². The summed E-state index contributed by atoms with van der Waals surface area (Å²) in [5, 5.41) is 0. The van der Waals surface area contributed by atoms with Crippen LogP contribution in [0.4, 0.5) is 8.78 Å². The van der Waals surface area contributed by atoms with Crippen LogP contribution in [0.2, 0.25) is 0 Å². The smallest absolute Gasteiger partial charge is 0.130 e. The Morgan fingerprint density at radius 3 is 2.45 bits per heavy atom. The molecule has 106 valence electrons. The molecule has 2 aromatic carbocycles. The first-order valence-corrected chi connectivity index (χ1v) is 7.19. The molecule has 0 radical (unpaired) electrons. The molecule has 0 spiro atoms. The Labute approximate surface area is 121 Å². The minimum atomic E-state index is -0.590. The van der Waals surface area contributed by atoms with Gasteiger partial charge in [-0.15, -0.1) is 11.8 Å². The van der Waals surface area contributed by atoms with Gasteiger partial charge in [0.1, 0.15) is 11.6 Å². The number of benzene rings is 2. The van der Waals surface area contributed by atoms with Gasteiger partial charge in [0.25, 0.3) is 0 Å². The largest absolute Gasteiger partial charge is 0.271 e. The fourth-order valence-corrected chi connectivity index (χ4v) is 2.79. The number of aryl methyl sites for hydroxylation is 1. The van der Waals surface area contributed by atoms with Crippen molar-refractivity contribution in [2.45, 2.75) is 17.9 Å². The van der Waals surface area contributed by atoms with E-state index in [1.807, 2.05) is 31.2 Å². The van der Waals surface area contributed by atoms with E-state index in [9.17, 15) is 8.78 Å². The summed E-state index contributed by atoms with van der Waals surface area (Å²) in [6.07, 6.45) is 0. The Kier molecular flexibility index (Phi) is 5.11. The highest BCUT2D eigenvalue weighted by Gasteiger charge is 2.15. The first-order chi connectivity index (χ1) is 9.60. The van der Waals surface area contributed by atoms with Crippen LogP contribution < -0.4 is 11.3 Å². The summed E-state index contributed by atoms with van der Waals surface area (Å²) < 4.78 is 26.6. The lowest BCUT2D eigenvalue weighted by Crippen LogP contribution is -2.30. The van der Waals surface area contributed by atoms with E-state index in [1.54, 1.807) is 11.8 Å². The molecule has 2 rings (SSSR count). The van der Waals surface area contributed by atoms with Crippen molar-refractivity contribution in [3.05, 3.63) is 65.2 Å². The first kappa shape index (κ1) is 15.0. The third-order valence-electron chi connectivity index (χ3n) is 2.98. The molecule has 0 bridgehead atoms. The van der Waals surface area contributed by atoms with Crippen LogP contribution in [-0.2, 0) is 0 Å². The molecule has 0 aliphatic rings. The van der Waals surface area contributed by atoms with E-state index < -0.39 is 11.6 Å². The zero-order valence-electron chi connectivity index (χ0n) is 11.1. The lowest BCUT2D eigenvalue weighted by atomic mass is 10.1. The maximum Gasteiger partial charge on any atom is 0.130 e. The number of halogens is 2. The highest BCUT2D eigenvalue weighted by molar-refractivity contribution is 7.99. The Morgan fingerprint density at radius 1 is 1.15 bits per heavy atom. The summed E-state index contributed by atoms with van der Waals surface area (Å²) >= 11 is 1.57. The predicted molar refractivity (Wildman–Crippen MR) is 78.3 cm³/mol. The van der Waals surface area contributed by atoms with Crippen molar-refractivity contribution in [3.8, 4) is 0 Å². The van der Waals surface area contributed by atoms with E-state index in [1.165, 1.54) is 17.7 Å². The molecular formula is C15H16F2N2S. The van der Waals surface area contributed by atoms with Gasteiger partial charge in [-0.05, 0) is 25.1 Å². The second-order valence-corrected chi connectivity index (χ2v) is 5.60. The standard InChI is InChI=1S/C15H16F2N2S/c1-10-2-5-12(6-3-10)20-9-15(19-18)13-7-4-11(16)8-14(13)17/h2-8,15,19H,9,18H2,1H3. The van der Waals surface area contributed by atoms with E-state index in [0.717, 1.165) is 11.0 Å². The third kappa shape index (κ3) is 3.79. The van der Waals surface area contributed by atoms with Crippen LogP contribution in [0.3, 0.4) is 0 Å². The maximum absolute atomic E-state index is 13.7. The van der Waals surface area contributed by atoms with Gasteiger partial charge in [-0.3, -0.25) is 11.3 Å². The second kappa shape index (κ2) is 6.83. The van der Waals surface area contributed by atoms with Gasteiger partial charge in [-0.25, -0.2) is 8.78 Å². The van der Waals surface area contributed by atoms with Crippen LogP contribution in [0, 0.1) is 18.6 Å². The Balaban J connectivity index is 2.07. The molecule has 0 aliphatic heterocycles. The van der Waals surface area contributed by atoms with Crippen LogP contribution in [0.1, 0.15) is 17.2 Å². The van der Waals surface area contributed by atoms with Crippen molar-refractivity contribution in [2.24, 2.45) is 5.84 Å². The van der Waals surface area contributed by atoms with Crippen molar-refractivity contribution in [1.82, 2.24) is 5.43 Å². The molecule has 0 heterocycles. The van der Waals surface area contributed by atoms with E-state index in [4.69, 9.17) is 5.84 Å². The first-order valence-electron chi connectivity index (χ1n) is 6.20. The van der Waals surface area contributed by atoms with Gasteiger partial charge < -0.3 is 0 Å². The number of hydrogen-bond donors (Lipinski definition) is 2. The minimum Gasteiger partial charge on any atom is -0.271 e. The number of hydrogen-bond acceptors (Lipinski definition) is 3. The molecule has 0 aromatic heterocycles. The van der Waals surface area contributed by atoms with Gasteiger partial charge in [0.2, 0.25) is 0 Å². The molecule has 5 heteroatoms. The number of rotatable bonds is 5. The highest BCUT2D eigenvalue weighted by Crippen LogP contribution is 2.26. The van der Waals surface area contributed by atoms with Crippen LogP contribution in [0.25, 0.3) is 0 Å². The van der Waals surface area contributed by atoms with Crippen LogP contribution in [-0.4, -0.2) is 5.75 Å². The summed E-state index contributed by atoms with van der Waals surface area (Å²) in [6.45, 7) is 2.02. The monoisotopic (exact) mass is 294 g/mol. The van der Waals surface area contributed by atoms with Crippen molar-refractivity contribution in [3.63, 3.8) is 0 Å². The van der Waals surface area contributed by atoms with Crippen LogP contribution >= 0.6 is 11.8 Å². The van der Waals surface area contributed by atoms with Crippen LogP contribution in [0.5, 0.6) is 0 Å². The Hall–Kier alpha value is -1.43. The van der Waals surface area contributed by atoms with Gasteiger partial charge in [0, 0.05) is 22.3 Å². The zero-order valence-corrected chi connectivity index (χ0v) is 11.9. The molecule has 0 fully saturated rings. The van der Waals surface area contributed by atoms with Crippen molar-refractivity contribution in [1.29, 1.82) is 0 Å². The van der Waals surface area contributed by atoms with Crippen molar-refractivity contribution in [2.75, 3.05) is 5.75 Å². The summed E-state index contributed by atoms with van der Waals surface area (Å²) in [5.41, 5.74) is 4.13. The van der Waals surface area contributed by atoms with E-state index in [0.29, 0.717) is 11.3 Å². The third-order valence-corrected chi connectivity index (χ3v) is 4.08. The molecular weight excluding hydrogens is 278 g/mol. The molecule has 1 atom stereocenters. The molecule has 0 saturated heterocycles. The lowest BCUT2D eigenvalue weighted by molar-refractivity contribution is 0.531. The molecule has 0 amide bonds. The number of nitrogens with two attached hydrogens (primary N) is 1. The zero-order chi connectivity index (χ0) is 14.5. The Morgan fingerprint density at radius 2 is 1.85 bits per heavy atom. The quantitative estimate of drug-likeness (QED) is 0.503. The summed E-state index contributed by atoms with van der Waals surface area (Å²) in [7, 11) is 0. The van der Waals surface area contributed by atoms with Gasteiger partial charge >= 0.3 is 0 Å². The van der Waals surface area contributed by atoms with Crippen LogP contribution in [0.15, 0.2) is 47.4 Å². The summed E-state index contributed by atoms with van der Waals surface area (Å²) in [5.74, 6) is 4.86. The topological polar surface area (TPSA) is 38.0 Å². The van der Waals surface area contributed by atoms with E-state index >= 15 is 0 Å². The van der Waals surface area contributed by atoms with Crippen molar-refractivity contribution >= 4 is 11.8 Å². The van der Waals surface area contributed by atoms with E-state index in [2.05, 4.69) is 5.43 Å². The fraction of sp³-hybridized carbons (Fsp3) is 0.200. The predicted octanol–water partition coefficient (Wildman–Crippen LogP) is 3.57. The molecule has 3 N–H and O–H groups in total. The maximum atomic E-state index is 13.7. The van der Waals surface area contributed by atoms with E-state index in [-0.39, 0.29) is 6.04 Å². The average molecular weight is 294 g/mol. The Bertz CT molecular complexity index is 573. The van der Waals surface area contributed by atoms with Gasteiger partial charge in [-0.1, -0.05) is 23.8 Å². The normalized spacial score (nSPS) is 12.4. The highest BCUT2D eigenvalue weighted by atomic mass is 32.2. The summed E-state index contributed by atoms with van der Waals surface area (Å²) in [6, 6.07) is 11.2. The SMILES string of the molecule is Cc1ccc(SCC(NN)c2ccc(F)cc2F)cc1. The average Bonchev–Trinajstić information content (AvgIpc) is 2.43. The fourth-order valence-electron chi connectivity index (χ4n) is 1.83. The second-order valence-electron chi connectivity index (χ2n) is 4.51. The van der Waals surface area contributed by atoms with Gasteiger partial charge in [0.15, 0.2) is 0 Å². The van der Waals surface area contributed by atoms with Gasteiger partial charge in [0.05, 0.1) is 6.04 Å². The molecule has 20 heavy (non-hydrogen) atoms. The minimum absolute atomic E-state index is 0.369.